The van der Waals surface area contributed by atoms with Gasteiger partial charge in [0.1, 0.15) is 11.5 Å². The molecule has 4 rings (SSSR count). The van der Waals surface area contributed by atoms with Crippen LogP contribution in [0.5, 0.6) is 11.5 Å². The van der Waals surface area contributed by atoms with Gasteiger partial charge in [-0.05, 0) is 59.7 Å². The first-order chi connectivity index (χ1) is 18.6. The lowest BCUT2D eigenvalue weighted by Crippen LogP contribution is -2.47. The summed E-state index contributed by atoms with van der Waals surface area (Å²) in [5, 5.41) is 0. The number of rotatable bonds is 10. The maximum atomic E-state index is 17.8. The van der Waals surface area contributed by atoms with Crippen LogP contribution in [0.3, 0.4) is 0 Å². The summed E-state index contributed by atoms with van der Waals surface area (Å²) in [4.78, 5) is -0.910. The lowest BCUT2D eigenvalue weighted by Gasteiger charge is -2.32. The molecule has 0 bridgehead atoms. The molecule has 6 nitrogen and oxygen atoms in total. The summed E-state index contributed by atoms with van der Waals surface area (Å²) < 4.78 is 80.7. The van der Waals surface area contributed by atoms with Gasteiger partial charge in [0.25, 0.3) is 0 Å². The first kappa shape index (κ1) is 28.1. The molecule has 202 valence electrons. The van der Waals surface area contributed by atoms with Crippen LogP contribution in [-0.2, 0) is 19.7 Å². The standard InChI is InChI=1S/C30H27FO6S2/c1-36-25-18-13-23(14-19-25)15-22-29(24-16-20-26(37-2)21-17-24)30(31,38(32,33)27-9-5-3-6-10-27)39(34,35)28-11-7-4-8-12-28/h3-22,29H,1-2H3/b22-15+. The Morgan fingerprint density at radius 1 is 0.641 bits per heavy atom. The van der Waals surface area contributed by atoms with Gasteiger partial charge in [-0.3, -0.25) is 0 Å². The summed E-state index contributed by atoms with van der Waals surface area (Å²) in [6.07, 6.45) is 2.76. The van der Waals surface area contributed by atoms with Crippen LogP contribution in [0.4, 0.5) is 4.39 Å². The van der Waals surface area contributed by atoms with Gasteiger partial charge < -0.3 is 9.47 Å². The topological polar surface area (TPSA) is 86.7 Å². The van der Waals surface area contributed by atoms with Crippen LogP contribution < -0.4 is 9.47 Å². The van der Waals surface area contributed by atoms with Crippen LogP contribution in [0.2, 0.25) is 0 Å². The molecule has 0 N–H and O–H groups in total. The molecule has 0 saturated heterocycles. The summed E-state index contributed by atoms with van der Waals surface area (Å²) in [6.45, 7) is 0. The Morgan fingerprint density at radius 2 is 1.05 bits per heavy atom. The Hall–Kier alpha value is -3.95. The van der Waals surface area contributed by atoms with E-state index in [-0.39, 0.29) is 5.56 Å². The zero-order valence-corrected chi connectivity index (χ0v) is 22.9. The molecule has 0 aliphatic carbocycles. The predicted molar refractivity (Wildman–Crippen MR) is 149 cm³/mol. The number of halogens is 1. The van der Waals surface area contributed by atoms with Crippen LogP contribution >= 0.6 is 0 Å². The maximum absolute atomic E-state index is 17.8. The van der Waals surface area contributed by atoms with Crippen molar-refractivity contribution in [2.75, 3.05) is 14.2 Å². The molecule has 9 heteroatoms. The molecular formula is C30H27FO6S2. The van der Waals surface area contributed by atoms with Gasteiger partial charge in [-0.25, -0.2) is 21.2 Å². The molecule has 4 aromatic rings. The molecule has 0 fully saturated rings. The van der Waals surface area contributed by atoms with E-state index in [1.165, 1.54) is 99.2 Å². The highest BCUT2D eigenvalue weighted by molar-refractivity contribution is 8.10. The third-order valence-electron chi connectivity index (χ3n) is 6.28. The van der Waals surface area contributed by atoms with Crippen molar-refractivity contribution in [3.05, 3.63) is 126 Å². The molecule has 0 radical (unpaired) electrons. The van der Waals surface area contributed by atoms with E-state index in [4.69, 9.17) is 9.47 Å². The van der Waals surface area contributed by atoms with E-state index in [0.717, 1.165) is 0 Å². The van der Waals surface area contributed by atoms with Gasteiger partial charge in [0, 0.05) is 0 Å². The van der Waals surface area contributed by atoms with Crippen molar-refractivity contribution in [1.29, 1.82) is 0 Å². The van der Waals surface area contributed by atoms with Crippen LogP contribution in [0.1, 0.15) is 17.0 Å². The molecule has 0 spiro atoms. The predicted octanol–water partition coefficient (Wildman–Crippen LogP) is 6.07. The minimum Gasteiger partial charge on any atom is -0.497 e. The van der Waals surface area contributed by atoms with E-state index in [1.807, 2.05) is 0 Å². The van der Waals surface area contributed by atoms with E-state index in [2.05, 4.69) is 0 Å². The molecule has 0 aromatic heterocycles. The quantitative estimate of drug-likeness (QED) is 0.232. The number of ether oxygens (including phenoxy) is 2. The van der Waals surface area contributed by atoms with Crippen molar-refractivity contribution in [2.24, 2.45) is 0 Å². The van der Waals surface area contributed by atoms with Crippen molar-refractivity contribution in [3.8, 4) is 11.5 Å². The van der Waals surface area contributed by atoms with Crippen molar-refractivity contribution in [1.82, 2.24) is 0 Å². The number of methoxy groups -OCH3 is 2. The molecule has 1 atom stereocenters. The SMILES string of the molecule is COc1ccc(/C=C/C(c2ccc(OC)cc2)C(F)(S(=O)(=O)c2ccccc2)S(=O)(=O)c2ccccc2)cc1. The zero-order valence-electron chi connectivity index (χ0n) is 21.3. The molecule has 0 amide bonds. The minimum atomic E-state index is -5.14. The highest BCUT2D eigenvalue weighted by Crippen LogP contribution is 2.48. The van der Waals surface area contributed by atoms with Gasteiger partial charge >= 0.3 is 4.33 Å². The highest BCUT2D eigenvalue weighted by atomic mass is 32.3. The molecule has 0 aliphatic heterocycles. The van der Waals surface area contributed by atoms with Gasteiger partial charge in [0.15, 0.2) is 0 Å². The van der Waals surface area contributed by atoms with E-state index < -0.39 is 39.7 Å². The second-order valence-electron chi connectivity index (χ2n) is 8.60. The second kappa shape index (κ2) is 11.4. The minimum absolute atomic E-state index is 0.127. The molecule has 39 heavy (non-hydrogen) atoms. The summed E-state index contributed by atoms with van der Waals surface area (Å²) >= 11 is 0. The molecular weight excluding hydrogens is 539 g/mol. The first-order valence-corrected chi connectivity index (χ1v) is 14.9. The Balaban J connectivity index is 2.01. The van der Waals surface area contributed by atoms with Gasteiger partial charge in [0.05, 0.1) is 29.9 Å². The summed E-state index contributed by atoms with van der Waals surface area (Å²) in [6, 6.07) is 26.2. The summed E-state index contributed by atoms with van der Waals surface area (Å²) in [7, 11) is -7.31. The molecule has 1 unspecified atom stereocenters. The number of sulfone groups is 2. The van der Waals surface area contributed by atoms with Crippen LogP contribution in [0.15, 0.2) is 125 Å². The third-order valence-corrected chi connectivity index (χ3v) is 11.4. The monoisotopic (exact) mass is 566 g/mol. The van der Waals surface area contributed by atoms with Crippen molar-refractivity contribution in [2.45, 2.75) is 20.0 Å². The van der Waals surface area contributed by atoms with Gasteiger partial charge in [-0.15, -0.1) is 0 Å². The average molecular weight is 567 g/mol. The first-order valence-electron chi connectivity index (χ1n) is 11.9. The maximum Gasteiger partial charge on any atom is 0.327 e. The van der Waals surface area contributed by atoms with E-state index in [1.54, 1.807) is 36.4 Å². The number of benzene rings is 4. The smallest absolute Gasteiger partial charge is 0.327 e. The Labute approximate surface area is 228 Å². The van der Waals surface area contributed by atoms with Crippen molar-refractivity contribution >= 4 is 25.8 Å². The van der Waals surface area contributed by atoms with Gasteiger partial charge in [-0.2, -0.15) is 0 Å². The van der Waals surface area contributed by atoms with Crippen LogP contribution in [0.25, 0.3) is 6.08 Å². The summed E-state index contributed by atoms with van der Waals surface area (Å²) in [5.74, 6) is -0.726. The lowest BCUT2D eigenvalue weighted by atomic mass is 9.98. The Kier molecular flexibility index (Phi) is 8.22. The van der Waals surface area contributed by atoms with Gasteiger partial charge in [0.2, 0.25) is 19.7 Å². The largest absolute Gasteiger partial charge is 0.497 e. The number of allylic oxidation sites excluding steroid dienone is 1. The third kappa shape index (κ3) is 5.32. The number of hydrogen-bond acceptors (Lipinski definition) is 6. The van der Waals surface area contributed by atoms with Crippen LogP contribution in [-0.4, -0.2) is 35.4 Å². The van der Waals surface area contributed by atoms with E-state index in [0.29, 0.717) is 17.1 Å². The van der Waals surface area contributed by atoms with Crippen LogP contribution in [0, 0.1) is 0 Å². The Morgan fingerprint density at radius 3 is 1.46 bits per heavy atom. The molecule has 4 aromatic carbocycles. The normalized spacial score (nSPS) is 13.2. The fraction of sp³-hybridized carbons (Fsp3) is 0.133. The van der Waals surface area contributed by atoms with Crippen molar-refractivity contribution in [3.63, 3.8) is 0 Å². The Bertz CT molecular complexity index is 1570. The van der Waals surface area contributed by atoms with Crippen molar-refractivity contribution < 1.29 is 30.7 Å². The summed E-state index contributed by atoms with van der Waals surface area (Å²) in [5.41, 5.74) is 0.716. The van der Waals surface area contributed by atoms with Gasteiger partial charge in [-0.1, -0.05) is 72.8 Å². The zero-order chi connectivity index (χ0) is 28.1. The highest BCUT2D eigenvalue weighted by Gasteiger charge is 2.62. The average Bonchev–Trinajstić information content (AvgIpc) is 2.98. The molecule has 0 heterocycles. The number of alkyl halides is 1. The van der Waals surface area contributed by atoms with E-state index >= 15 is 4.39 Å². The lowest BCUT2D eigenvalue weighted by molar-refractivity contribution is 0.331. The number of hydrogen-bond donors (Lipinski definition) is 0. The molecule has 0 saturated carbocycles. The fourth-order valence-corrected chi connectivity index (χ4v) is 8.66. The fourth-order valence-electron chi connectivity index (χ4n) is 4.16. The molecule has 0 aliphatic rings. The van der Waals surface area contributed by atoms with E-state index in [9.17, 15) is 16.8 Å². The second-order valence-corrected chi connectivity index (χ2v) is 13.0.